The van der Waals surface area contributed by atoms with Crippen molar-refractivity contribution in [3.05, 3.63) is 122 Å². The molecule has 42 heavy (non-hydrogen) atoms. The Morgan fingerprint density at radius 3 is 2.45 bits per heavy atom. The molecule has 1 aliphatic rings. The summed E-state index contributed by atoms with van der Waals surface area (Å²) in [5.74, 6) is -0.167. The van der Waals surface area contributed by atoms with Crippen LogP contribution in [0.15, 0.2) is 105 Å². The number of nitrogens with one attached hydrogen (secondary N) is 2. The van der Waals surface area contributed by atoms with Crippen molar-refractivity contribution in [2.45, 2.75) is 0 Å². The monoisotopic (exact) mass is 689 g/mol. The second kappa shape index (κ2) is 13.3. The maximum atomic E-state index is 12.8. The number of ether oxygens (including phenoxy) is 3. The smallest absolute Gasteiger partial charge is 0.336 e. The molecule has 0 radical (unpaired) electrons. The number of rotatable bonds is 8. The van der Waals surface area contributed by atoms with Crippen LogP contribution >= 0.6 is 31.9 Å². The van der Waals surface area contributed by atoms with E-state index >= 15 is 0 Å². The summed E-state index contributed by atoms with van der Waals surface area (Å²) in [5.41, 5.74) is 4.81. The van der Waals surface area contributed by atoms with Crippen LogP contribution in [-0.4, -0.2) is 30.8 Å². The van der Waals surface area contributed by atoms with Gasteiger partial charge in [0, 0.05) is 32.9 Å². The lowest BCUT2D eigenvalue weighted by atomic mass is 10.1. The van der Waals surface area contributed by atoms with Crippen molar-refractivity contribution in [3.63, 3.8) is 0 Å². The molecule has 4 aromatic carbocycles. The van der Waals surface area contributed by atoms with Crippen molar-refractivity contribution in [3.8, 4) is 17.2 Å². The third-order valence-corrected chi connectivity index (χ3v) is 6.89. The first kappa shape index (κ1) is 28.8. The van der Waals surface area contributed by atoms with Gasteiger partial charge in [0.15, 0.2) is 17.2 Å². The fraction of sp³-hybridized carbons (Fsp3) is 0.0323. The third kappa shape index (κ3) is 7.31. The zero-order valence-electron chi connectivity index (χ0n) is 21.7. The first-order valence-electron chi connectivity index (χ1n) is 12.4. The highest BCUT2D eigenvalue weighted by atomic mass is 79.9. The van der Waals surface area contributed by atoms with Crippen molar-refractivity contribution in [2.75, 3.05) is 12.1 Å². The fourth-order valence-corrected chi connectivity index (χ4v) is 5.19. The molecule has 210 valence electrons. The largest absolute Gasteiger partial charge is 0.454 e. The minimum absolute atomic E-state index is 0.109. The van der Waals surface area contributed by atoms with Crippen molar-refractivity contribution >= 4 is 67.6 Å². The Kier molecular flexibility index (Phi) is 9.10. The summed E-state index contributed by atoms with van der Waals surface area (Å²) in [6.07, 6.45) is 4.34. The Morgan fingerprint density at radius 2 is 1.62 bits per heavy atom. The van der Waals surface area contributed by atoms with E-state index in [9.17, 15) is 14.4 Å². The summed E-state index contributed by atoms with van der Waals surface area (Å²) in [4.78, 5) is 38.0. The molecule has 0 saturated heterocycles. The van der Waals surface area contributed by atoms with Crippen LogP contribution in [0.25, 0.3) is 6.08 Å². The number of fused-ring (bicyclic) bond motifs is 1. The number of benzene rings is 4. The van der Waals surface area contributed by atoms with Gasteiger partial charge in [0.2, 0.25) is 6.79 Å². The van der Waals surface area contributed by atoms with Gasteiger partial charge in [-0.1, -0.05) is 52.3 Å². The summed E-state index contributed by atoms with van der Waals surface area (Å²) in [6.45, 7) is 0.109. The number of hydrogen-bond donors (Lipinski definition) is 2. The molecule has 2 N–H and O–H groups in total. The quantitative estimate of drug-likeness (QED) is 0.0710. The standard InChI is InChI=1S/C31H21Br2N3O6/c32-23-13-22(29(25(33)16-23)42-28(37)12-9-19-5-2-1-3-6-19)17-34-36-31(39)20-7-4-8-24(14-20)35-30(38)21-10-11-26-27(15-21)41-18-40-26/h1-17H,18H2,(H,35,38)(H,36,39)/b12-9+,34-17?. The highest BCUT2D eigenvalue weighted by molar-refractivity contribution is 9.11. The molecule has 9 nitrogen and oxygen atoms in total. The van der Waals surface area contributed by atoms with Gasteiger partial charge in [-0.15, -0.1) is 0 Å². The van der Waals surface area contributed by atoms with E-state index in [0.717, 1.165) is 5.56 Å². The van der Waals surface area contributed by atoms with E-state index in [-0.39, 0.29) is 24.0 Å². The molecule has 0 spiro atoms. The van der Waals surface area contributed by atoms with E-state index in [1.54, 1.807) is 54.6 Å². The van der Waals surface area contributed by atoms with Gasteiger partial charge >= 0.3 is 5.97 Å². The Morgan fingerprint density at radius 1 is 0.833 bits per heavy atom. The number of esters is 1. The van der Waals surface area contributed by atoms with Gasteiger partial charge in [0.25, 0.3) is 11.8 Å². The van der Waals surface area contributed by atoms with Gasteiger partial charge in [-0.25, -0.2) is 10.2 Å². The Hall–Kier alpha value is -4.74. The van der Waals surface area contributed by atoms with E-state index in [1.165, 1.54) is 18.4 Å². The van der Waals surface area contributed by atoms with Crippen LogP contribution in [0, 0.1) is 0 Å². The highest BCUT2D eigenvalue weighted by Crippen LogP contribution is 2.33. The average Bonchev–Trinajstić information content (AvgIpc) is 3.46. The summed E-state index contributed by atoms with van der Waals surface area (Å²) in [6, 6.07) is 24.1. The minimum atomic E-state index is -0.583. The molecule has 4 aromatic rings. The van der Waals surface area contributed by atoms with Crippen molar-refractivity contribution in [2.24, 2.45) is 5.10 Å². The second-order valence-electron chi connectivity index (χ2n) is 8.77. The average molecular weight is 691 g/mol. The molecule has 0 atom stereocenters. The van der Waals surface area contributed by atoms with Gasteiger partial charge < -0.3 is 19.5 Å². The predicted molar refractivity (Wildman–Crippen MR) is 165 cm³/mol. The number of carbonyl (C=O) groups is 3. The SMILES string of the molecule is O=C(/C=C/c1ccccc1)Oc1c(Br)cc(Br)cc1C=NNC(=O)c1cccc(NC(=O)c2ccc3c(c2)OCO3)c1. The number of hydrogen-bond acceptors (Lipinski definition) is 7. The molecule has 0 aromatic heterocycles. The Balaban J connectivity index is 1.24. The molecule has 0 aliphatic carbocycles. The summed E-state index contributed by atoms with van der Waals surface area (Å²) in [7, 11) is 0. The van der Waals surface area contributed by atoms with Gasteiger partial charge in [0.1, 0.15) is 0 Å². The zero-order valence-corrected chi connectivity index (χ0v) is 24.8. The van der Waals surface area contributed by atoms with Crippen molar-refractivity contribution in [1.82, 2.24) is 5.43 Å². The summed E-state index contributed by atoms with van der Waals surface area (Å²) in [5, 5.41) is 6.81. The molecule has 5 rings (SSSR count). The van der Waals surface area contributed by atoms with Gasteiger partial charge in [-0.3, -0.25) is 9.59 Å². The molecule has 1 heterocycles. The van der Waals surface area contributed by atoms with Crippen LogP contribution in [0.2, 0.25) is 0 Å². The fourth-order valence-electron chi connectivity index (χ4n) is 3.85. The van der Waals surface area contributed by atoms with E-state index in [2.05, 4.69) is 47.7 Å². The van der Waals surface area contributed by atoms with Crippen LogP contribution < -0.4 is 25.0 Å². The normalized spacial score (nSPS) is 12.0. The van der Waals surface area contributed by atoms with Crippen LogP contribution in [-0.2, 0) is 4.79 Å². The number of nitrogens with zero attached hydrogens (tertiary/aromatic N) is 1. The summed E-state index contributed by atoms with van der Waals surface area (Å²) < 4.78 is 17.4. The lowest BCUT2D eigenvalue weighted by Crippen LogP contribution is -2.18. The molecular weight excluding hydrogens is 670 g/mol. The first-order valence-corrected chi connectivity index (χ1v) is 14.0. The molecule has 2 amide bonds. The number of amides is 2. The number of hydrazone groups is 1. The predicted octanol–water partition coefficient (Wildman–Crippen LogP) is 6.58. The van der Waals surface area contributed by atoms with Gasteiger partial charge in [-0.05, 0) is 76.1 Å². The molecule has 0 bridgehead atoms. The lowest BCUT2D eigenvalue weighted by Gasteiger charge is -2.09. The van der Waals surface area contributed by atoms with Gasteiger partial charge in [0.05, 0.1) is 10.7 Å². The second-order valence-corrected chi connectivity index (χ2v) is 10.5. The van der Waals surface area contributed by atoms with Crippen LogP contribution in [0.4, 0.5) is 5.69 Å². The van der Waals surface area contributed by atoms with E-state index < -0.39 is 11.9 Å². The molecule has 11 heteroatoms. The van der Waals surface area contributed by atoms with Crippen molar-refractivity contribution < 1.29 is 28.6 Å². The number of halogens is 2. The third-order valence-electron chi connectivity index (χ3n) is 5.84. The van der Waals surface area contributed by atoms with Crippen LogP contribution in [0.1, 0.15) is 31.8 Å². The Bertz CT molecular complexity index is 1720. The zero-order chi connectivity index (χ0) is 29.5. The van der Waals surface area contributed by atoms with Gasteiger partial charge in [-0.2, -0.15) is 5.10 Å². The number of anilines is 1. The van der Waals surface area contributed by atoms with Crippen LogP contribution in [0.3, 0.4) is 0 Å². The van der Waals surface area contributed by atoms with Crippen LogP contribution in [0.5, 0.6) is 17.2 Å². The molecule has 0 saturated carbocycles. The minimum Gasteiger partial charge on any atom is -0.454 e. The van der Waals surface area contributed by atoms with E-state index in [1.807, 2.05) is 30.3 Å². The molecule has 1 aliphatic heterocycles. The first-order chi connectivity index (χ1) is 20.4. The maximum Gasteiger partial charge on any atom is 0.336 e. The summed E-state index contributed by atoms with van der Waals surface area (Å²) >= 11 is 6.82. The maximum absolute atomic E-state index is 12.8. The van der Waals surface area contributed by atoms with E-state index in [0.29, 0.717) is 37.3 Å². The molecule has 0 unspecified atom stereocenters. The van der Waals surface area contributed by atoms with E-state index in [4.69, 9.17) is 14.2 Å². The molecule has 0 fully saturated rings. The topological polar surface area (TPSA) is 115 Å². The lowest BCUT2D eigenvalue weighted by molar-refractivity contribution is -0.128. The van der Waals surface area contributed by atoms with Crippen molar-refractivity contribution in [1.29, 1.82) is 0 Å². The Labute approximate surface area is 257 Å². The highest BCUT2D eigenvalue weighted by Gasteiger charge is 2.17. The molecular formula is C31H21Br2N3O6. The number of carbonyl (C=O) groups excluding carboxylic acids is 3.